The maximum atomic E-state index is 12.8. The van der Waals surface area contributed by atoms with Crippen LogP contribution in [-0.4, -0.2) is 16.5 Å². The molecule has 1 aromatic heterocycles. The second kappa shape index (κ2) is 6.46. The van der Waals surface area contributed by atoms with Crippen molar-refractivity contribution in [2.75, 3.05) is 11.9 Å². The number of hydrogen-bond acceptors (Lipinski definition) is 3. The Morgan fingerprint density at radius 3 is 2.50 bits per heavy atom. The highest BCUT2D eigenvalue weighted by Gasteiger charge is 2.05. The SMILES string of the molecule is Cc1cc(NCCc2ccc(F)cc2)nc(C(C)C)n1. The number of nitrogens with zero attached hydrogens (tertiary/aromatic N) is 2. The van der Waals surface area contributed by atoms with Crippen molar-refractivity contribution in [3.63, 3.8) is 0 Å². The zero-order valence-electron chi connectivity index (χ0n) is 12.2. The standard InChI is InChI=1S/C16H20FN3/c1-11(2)16-19-12(3)10-15(20-16)18-9-8-13-4-6-14(17)7-5-13/h4-7,10-11H,8-9H2,1-3H3,(H,18,19,20). The Morgan fingerprint density at radius 2 is 1.85 bits per heavy atom. The van der Waals surface area contributed by atoms with Crippen LogP contribution in [0.1, 0.15) is 36.8 Å². The lowest BCUT2D eigenvalue weighted by Gasteiger charge is -2.10. The molecule has 1 heterocycles. The van der Waals surface area contributed by atoms with Gasteiger partial charge in [-0.1, -0.05) is 26.0 Å². The molecule has 1 aromatic carbocycles. The Balaban J connectivity index is 1.95. The molecule has 0 atom stereocenters. The summed E-state index contributed by atoms with van der Waals surface area (Å²) in [5.74, 6) is 1.82. The predicted octanol–water partition coefficient (Wildman–Crippen LogP) is 3.70. The van der Waals surface area contributed by atoms with Crippen molar-refractivity contribution in [1.29, 1.82) is 0 Å². The summed E-state index contributed by atoms with van der Waals surface area (Å²) < 4.78 is 12.8. The lowest BCUT2D eigenvalue weighted by atomic mass is 10.1. The van der Waals surface area contributed by atoms with Gasteiger partial charge in [0.15, 0.2) is 0 Å². The molecule has 2 aromatic rings. The molecule has 0 radical (unpaired) electrons. The summed E-state index contributed by atoms with van der Waals surface area (Å²) in [4.78, 5) is 8.91. The van der Waals surface area contributed by atoms with Gasteiger partial charge in [0, 0.05) is 24.2 Å². The van der Waals surface area contributed by atoms with Crippen molar-refractivity contribution in [2.24, 2.45) is 0 Å². The summed E-state index contributed by atoms with van der Waals surface area (Å²) >= 11 is 0. The van der Waals surface area contributed by atoms with E-state index >= 15 is 0 Å². The van der Waals surface area contributed by atoms with Gasteiger partial charge in [-0.25, -0.2) is 14.4 Å². The van der Waals surface area contributed by atoms with E-state index in [0.29, 0.717) is 5.92 Å². The molecule has 0 aliphatic carbocycles. The molecule has 2 rings (SSSR count). The van der Waals surface area contributed by atoms with E-state index in [9.17, 15) is 4.39 Å². The smallest absolute Gasteiger partial charge is 0.133 e. The number of hydrogen-bond donors (Lipinski definition) is 1. The minimum atomic E-state index is -0.199. The molecular weight excluding hydrogens is 253 g/mol. The molecule has 0 fully saturated rings. The molecule has 20 heavy (non-hydrogen) atoms. The van der Waals surface area contributed by atoms with Crippen LogP contribution >= 0.6 is 0 Å². The van der Waals surface area contributed by atoms with Gasteiger partial charge < -0.3 is 5.32 Å². The Labute approximate surface area is 119 Å². The molecule has 4 heteroatoms. The molecule has 0 spiro atoms. The lowest BCUT2D eigenvalue weighted by Crippen LogP contribution is -2.09. The van der Waals surface area contributed by atoms with Crippen LogP contribution < -0.4 is 5.32 Å². The molecule has 3 nitrogen and oxygen atoms in total. The van der Waals surface area contributed by atoms with E-state index in [2.05, 4.69) is 29.1 Å². The van der Waals surface area contributed by atoms with Crippen LogP contribution in [-0.2, 0) is 6.42 Å². The number of benzene rings is 1. The number of halogens is 1. The van der Waals surface area contributed by atoms with E-state index in [1.165, 1.54) is 12.1 Å². The fraction of sp³-hybridized carbons (Fsp3) is 0.375. The molecular formula is C16H20FN3. The van der Waals surface area contributed by atoms with Gasteiger partial charge in [-0.3, -0.25) is 0 Å². The summed E-state index contributed by atoms with van der Waals surface area (Å²) in [5.41, 5.74) is 2.07. The Bertz CT molecular complexity index is 564. The highest BCUT2D eigenvalue weighted by atomic mass is 19.1. The zero-order chi connectivity index (χ0) is 14.5. The number of nitrogens with one attached hydrogen (secondary N) is 1. The van der Waals surface area contributed by atoms with E-state index in [-0.39, 0.29) is 5.82 Å². The first-order valence-corrected chi connectivity index (χ1v) is 6.88. The van der Waals surface area contributed by atoms with Crippen LogP contribution in [0.4, 0.5) is 10.2 Å². The maximum Gasteiger partial charge on any atom is 0.133 e. The Hall–Kier alpha value is -1.97. The average molecular weight is 273 g/mol. The van der Waals surface area contributed by atoms with Crippen LogP contribution in [0, 0.1) is 12.7 Å². The molecule has 0 unspecified atom stereocenters. The van der Waals surface area contributed by atoms with E-state index in [1.807, 2.05) is 25.1 Å². The van der Waals surface area contributed by atoms with Gasteiger partial charge in [0.2, 0.25) is 0 Å². The fourth-order valence-electron chi connectivity index (χ4n) is 1.93. The zero-order valence-corrected chi connectivity index (χ0v) is 12.2. The van der Waals surface area contributed by atoms with Gasteiger partial charge >= 0.3 is 0 Å². The van der Waals surface area contributed by atoms with E-state index in [0.717, 1.165) is 35.9 Å². The fourth-order valence-corrected chi connectivity index (χ4v) is 1.93. The van der Waals surface area contributed by atoms with E-state index < -0.39 is 0 Å². The molecule has 0 aliphatic rings. The first-order chi connectivity index (χ1) is 9.54. The van der Waals surface area contributed by atoms with Crippen LogP contribution in [0.2, 0.25) is 0 Å². The first-order valence-electron chi connectivity index (χ1n) is 6.88. The van der Waals surface area contributed by atoms with Gasteiger partial charge in [-0.05, 0) is 31.0 Å². The average Bonchev–Trinajstić information content (AvgIpc) is 2.40. The van der Waals surface area contributed by atoms with Crippen LogP contribution in [0.3, 0.4) is 0 Å². The summed E-state index contributed by atoms with van der Waals surface area (Å²) in [5, 5.41) is 3.30. The summed E-state index contributed by atoms with van der Waals surface area (Å²) in [6, 6.07) is 8.53. The molecule has 0 saturated carbocycles. The van der Waals surface area contributed by atoms with E-state index in [1.54, 1.807) is 0 Å². The normalized spacial score (nSPS) is 10.8. The molecule has 1 N–H and O–H groups in total. The van der Waals surface area contributed by atoms with Crippen molar-refractivity contribution in [3.8, 4) is 0 Å². The predicted molar refractivity (Wildman–Crippen MR) is 79.5 cm³/mol. The minimum absolute atomic E-state index is 0.199. The third-order valence-electron chi connectivity index (χ3n) is 3.02. The van der Waals surface area contributed by atoms with Gasteiger partial charge in [-0.2, -0.15) is 0 Å². The summed E-state index contributed by atoms with van der Waals surface area (Å²) in [6.45, 7) is 6.90. The van der Waals surface area contributed by atoms with Crippen molar-refractivity contribution in [2.45, 2.75) is 33.1 Å². The van der Waals surface area contributed by atoms with Gasteiger partial charge in [-0.15, -0.1) is 0 Å². The van der Waals surface area contributed by atoms with Gasteiger partial charge in [0.05, 0.1) is 0 Å². The van der Waals surface area contributed by atoms with Gasteiger partial charge in [0.25, 0.3) is 0 Å². The lowest BCUT2D eigenvalue weighted by molar-refractivity contribution is 0.627. The molecule has 0 aliphatic heterocycles. The van der Waals surface area contributed by atoms with Crippen LogP contribution in [0.15, 0.2) is 30.3 Å². The largest absolute Gasteiger partial charge is 0.370 e. The second-order valence-electron chi connectivity index (χ2n) is 5.21. The highest BCUT2D eigenvalue weighted by molar-refractivity contribution is 5.36. The third kappa shape index (κ3) is 4.02. The van der Waals surface area contributed by atoms with E-state index in [4.69, 9.17) is 0 Å². The van der Waals surface area contributed by atoms with Gasteiger partial charge in [0.1, 0.15) is 17.5 Å². The maximum absolute atomic E-state index is 12.8. The number of aromatic nitrogens is 2. The highest BCUT2D eigenvalue weighted by Crippen LogP contribution is 2.13. The number of rotatable bonds is 5. The molecule has 0 saturated heterocycles. The van der Waals surface area contributed by atoms with Crippen molar-refractivity contribution < 1.29 is 4.39 Å². The monoisotopic (exact) mass is 273 g/mol. The summed E-state index contributed by atoms with van der Waals surface area (Å²) in [6.07, 6.45) is 0.834. The molecule has 106 valence electrons. The topological polar surface area (TPSA) is 37.8 Å². The minimum Gasteiger partial charge on any atom is -0.370 e. The number of aryl methyl sites for hydroxylation is 1. The van der Waals surface area contributed by atoms with Crippen molar-refractivity contribution in [1.82, 2.24) is 9.97 Å². The Morgan fingerprint density at radius 1 is 1.15 bits per heavy atom. The molecule has 0 bridgehead atoms. The second-order valence-corrected chi connectivity index (χ2v) is 5.21. The van der Waals surface area contributed by atoms with Crippen molar-refractivity contribution >= 4 is 5.82 Å². The van der Waals surface area contributed by atoms with Crippen LogP contribution in [0.5, 0.6) is 0 Å². The van der Waals surface area contributed by atoms with Crippen LogP contribution in [0.25, 0.3) is 0 Å². The summed E-state index contributed by atoms with van der Waals surface area (Å²) in [7, 11) is 0. The number of anilines is 1. The Kier molecular flexibility index (Phi) is 4.66. The van der Waals surface area contributed by atoms with Crippen molar-refractivity contribution in [3.05, 3.63) is 53.2 Å². The quantitative estimate of drug-likeness (QED) is 0.902. The first kappa shape index (κ1) is 14.4. The third-order valence-corrected chi connectivity index (χ3v) is 3.02. The molecule has 0 amide bonds.